The van der Waals surface area contributed by atoms with Gasteiger partial charge in [0.2, 0.25) is 5.91 Å². The first-order chi connectivity index (χ1) is 9.29. The maximum absolute atomic E-state index is 12.7. The van der Waals surface area contributed by atoms with Crippen LogP contribution in [0.4, 0.5) is 0 Å². The molecule has 19 heavy (non-hydrogen) atoms. The Hall–Kier alpha value is -0.610. The van der Waals surface area contributed by atoms with E-state index in [2.05, 4.69) is 10.2 Å². The number of nitrogens with zero attached hydrogens (tertiary/aromatic N) is 1. The SMILES string of the molecule is COC1CCN(C(=O)C2CNCC2C2CCC2)CC1. The smallest absolute Gasteiger partial charge is 0.227 e. The van der Waals surface area contributed by atoms with Crippen molar-refractivity contribution in [1.82, 2.24) is 10.2 Å². The summed E-state index contributed by atoms with van der Waals surface area (Å²) in [6, 6.07) is 0. The second kappa shape index (κ2) is 5.80. The van der Waals surface area contributed by atoms with E-state index in [-0.39, 0.29) is 5.92 Å². The van der Waals surface area contributed by atoms with Gasteiger partial charge in [-0.3, -0.25) is 4.79 Å². The van der Waals surface area contributed by atoms with Gasteiger partial charge in [-0.05, 0) is 31.2 Å². The van der Waals surface area contributed by atoms with Crippen LogP contribution in [-0.4, -0.2) is 50.2 Å². The standard InChI is InChI=1S/C15H26N2O2/c1-19-12-5-7-17(8-6-12)15(18)14-10-16-9-13(14)11-3-2-4-11/h11-14,16H,2-10H2,1H3. The molecule has 0 aromatic carbocycles. The van der Waals surface area contributed by atoms with Crippen LogP contribution in [0.5, 0.6) is 0 Å². The largest absolute Gasteiger partial charge is 0.381 e. The second-order valence-corrected chi connectivity index (χ2v) is 6.38. The van der Waals surface area contributed by atoms with Gasteiger partial charge in [-0.15, -0.1) is 0 Å². The highest BCUT2D eigenvalue weighted by atomic mass is 16.5. The van der Waals surface area contributed by atoms with Gasteiger partial charge in [0.15, 0.2) is 0 Å². The average molecular weight is 266 g/mol. The van der Waals surface area contributed by atoms with Crippen LogP contribution in [0.3, 0.4) is 0 Å². The lowest BCUT2D eigenvalue weighted by Crippen LogP contribution is -2.46. The third kappa shape index (κ3) is 2.65. The van der Waals surface area contributed by atoms with E-state index in [1.54, 1.807) is 7.11 Å². The Morgan fingerprint density at radius 2 is 1.89 bits per heavy atom. The van der Waals surface area contributed by atoms with E-state index in [1.165, 1.54) is 19.3 Å². The molecule has 2 heterocycles. The monoisotopic (exact) mass is 266 g/mol. The summed E-state index contributed by atoms with van der Waals surface area (Å²) in [6.45, 7) is 3.70. The molecule has 3 rings (SSSR count). The zero-order chi connectivity index (χ0) is 13.2. The number of hydrogen-bond donors (Lipinski definition) is 1. The van der Waals surface area contributed by atoms with Crippen LogP contribution in [-0.2, 0) is 9.53 Å². The van der Waals surface area contributed by atoms with Crippen molar-refractivity contribution in [2.24, 2.45) is 17.8 Å². The Kier molecular flexibility index (Phi) is 4.08. The molecule has 0 radical (unpaired) electrons. The number of likely N-dealkylation sites (tertiary alicyclic amines) is 1. The molecule has 1 N–H and O–H groups in total. The van der Waals surface area contributed by atoms with Crippen molar-refractivity contribution in [3.63, 3.8) is 0 Å². The van der Waals surface area contributed by atoms with E-state index in [0.717, 1.165) is 44.9 Å². The van der Waals surface area contributed by atoms with E-state index in [1.807, 2.05) is 0 Å². The highest BCUT2D eigenvalue weighted by Gasteiger charge is 2.41. The zero-order valence-electron chi connectivity index (χ0n) is 11.9. The van der Waals surface area contributed by atoms with Gasteiger partial charge in [-0.2, -0.15) is 0 Å². The van der Waals surface area contributed by atoms with Crippen LogP contribution in [0.1, 0.15) is 32.1 Å². The zero-order valence-corrected chi connectivity index (χ0v) is 11.9. The van der Waals surface area contributed by atoms with Crippen molar-refractivity contribution in [2.75, 3.05) is 33.3 Å². The first-order valence-electron chi connectivity index (χ1n) is 7.82. The van der Waals surface area contributed by atoms with Crippen molar-refractivity contribution in [2.45, 2.75) is 38.2 Å². The highest BCUT2D eigenvalue weighted by molar-refractivity contribution is 5.80. The van der Waals surface area contributed by atoms with Crippen LogP contribution < -0.4 is 5.32 Å². The normalized spacial score (nSPS) is 33.4. The Balaban J connectivity index is 1.57. The number of hydrogen-bond acceptors (Lipinski definition) is 3. The third-order valence-electron chi connectivity index (χ3n) is 5.42. The van der Waals surface area contributed by atoms with Gasteiger partial charge < -0.3 is 15.0 Å². The molecule has 0 bridgehead atoms. The van der Waals surface area contributed by atoms with Crippen LogP contribution in [0.25, 0.3) is 0 Å². The van der Waals surface area contributed by atoms with Gasteiger partial charge >= 0.3 is 0 Å². The molecule has 1 amide bonds. The maximum atomic E-state index is 12.7. The highest BCUT2D eigenvalue weighted by Crippen LogP contribution is 2.39. The van der Waals surface area contributed by atoms with Crippen molar-refractivity contribution >= 4 is 5.91 Å². The predicted octanol–water partition coefficient (Wildman–Crippen LogP) is 1.26. The van der Waals surface area contributed by atoms with Gasteiger partial charge in [0.05, 0.1) is 12.0 Å². The summed E-state index contributed by atoms with van der Waals surface area (Å²) in [5, 5.41) is 3.44. The number of carbonyl (C=O) groups is 1. The summed E-state index contributed by atoms with van der Waals surface area (Å²) in [7, 11) is 1.77. The summed E-state index contributed by atoms with van der Waals surface area (Å²) in [5.74, 6) is 2.04. The molecule has 3 fully saturated rings. The fourth-order valence-corrected chi connectivity index (χ4v) is 3.88. The molecule has 0 aromatic heterocycles. The van der Waals surface area contributed by atoms with E-state index >= 15 is 0 Å². The molecule has 1 aliphatic carbocycles. The molecule has 2 aliphatic heterocycles. The van der Waals surface area contributed by atoms with Crippen molar-refractivity contribution in [3.05, 3.63) is 0 Å². The topological polar surface area (TPSA) is 41.6 Å². The lowest BCUT2D eigenvalue weighted by atomic mass is 9.71. The molecular weight excluding hydrogens is 240 g/mol. The van der Waals surface area contributed by atoms with Gasteiger partial charge in [-0.1, -0.05) is 19.3 Å². The number of carbonyl (C=O) groups excluding carboxylic acids is 1. The predicted molar refractivity (Wildman–Crippen MR) is 73.8 cm³/mol. The Labute approximate surface area is 115 Å². The summed E-state index contributed by atoms with van der Waals surface area (Å²) in [5.41, 5.74) is 0. The molecule has 4 nitrogen and oxygen atoms in total. The number of rotatable bonds is 3. The van der Waals surface area contributed by atoms with Crippen molar-refractivity contribution in [1.29, 1.82) is 0 Å². The lowest BCUT2D eigenvalue weighted by Gasteiger charge is -2.37. The van der Waals surface area contributed by atoms with Gasteiger partial charge in [0.1, 0.15) is 0 Å². The summed E-state index contributed by atoms with van der Waals surface area (Å²) in [4.78, 5) is 14.8. The van der Waals surface area contributed by atoms with Gasteiger partial charge in [0, 0.05) is 26.7 Å². The molecule has 2 unspecified atom stereocenters. The third-order valence-corrected chi connectivity index (χ3v) is 5.42. The summed E-state index contributed by atoms with van der Waals surface area (Å²) < 4.78 is 5.38. The minimum absolute atomic E-state index is 0.240. The first kappa shape index (κ1) is 13.4. The van der Waals surface area contributed by atoms with Gasteiger partial charge in [-0.25, -0.2) is 0 Å². The fraction of sp³-hybridized carbons (Fsp3) is 0.933. The average Bonchev–Trinajstić information content (AvgIpc) is 2.85. The quantitative estimate of drug-likeness (QED) is 0.836. The fourth-order valence-electron chi connectivity index (χ4n) is 3.88. The molecule has 2 atom stereocenters. The molecule has 0 spiro atoms. The molecule has 1 saturated carbocycles. The number of piperidine rings is 1. The Morgan fingerprint density at radius 3 is 2.47 bits per heavy atom. The van der Waals surface area contributed by atoms with E-state index < -0.39 is 0 Å². The van der Waals surface area contributed by atoms with Crippen LogP contribution in [0.15, 0.2) is 0 Å². The van der Waals surface area contributed by atoms with Gasteiger partial charge in [0.25, 0.3) is 0 Å². The number of nitrogens with one attached hydrogen (secondary N) is 1. The van der Waals surface area contributed by atoms with E-state index in [0.29, 0.717) is 17.9 Å². The number of amides is 1. The first-order valence-corrected chi connectivity index (χ1v) is 7.82. The molecule has 2 saturated heterocycles. The van der Waals surface area contributed by atoms with Crippen LogP contribution >= 0.6 is 0 Å². The molecule has 0 aromatic rings. The Bertz CT molecular complexity index is 322. The van der Waals surface area contributed by atoms with Crippen molar-refractivity contribution < 1.29 is 9.53 Å². The maximum Gasteiger partial charge on any atom is 0.227 e. The van der Waals surface area contributed by atoms with Crippen LogP contribution in [0, 0.1) is 17.8 Å². The minimum Gasteiger partial charge on any atom is -0.381 e. The Morgan fingerprint density at radius 1 is 1.16 bits per heavy atom. The number of ether oxygens (including phenoxy) is 1. The lowest BCUT2D eigenvalue weighted by molar-refractivity contribution is -0.139. The van der Waals surface area contributed by atoms with Crippen LogP contribution in [0.2, 0.25) is 0 Å². The molecular formula is C15H26N2O2. The second-order valence-electron chi connectivity index (χ2n) is 6.38. The van der Waals surface area contributed by atoms with E-state index in [4.69, 9.17) is 4.74 Å². The molecule has 4 heteroatoms. The van der Waals surface area contributed by atoms with E-state index in [9.17, 15) is 4.79 Å². The summed E-state index contributed by atoms with van der Waals surface area (Å²) >= 11 is 0. The molecule has 3 aliphatic rings. The summed E-state index contributed by atoms with van der Waals surface area (Å²) in [6.07, 6.45) is 6.38. The molecule has 108 valence electrons. The van der Waals surface area contributed by atoms with Crippen molar-refractivity contribution in [3.8, 4) is 0 Å². The minimum atomic E-state index is 0.240. The number of methoxy groups -OCH3 is 1.